The van der Waals surface area contributed by atoms with Crippen LogP contribution in [0.1, 0.15) is 16.7 Å². The van der Waals surface area contributed by atoms with Crippen LogP contribution in [-0.2, 0) is 12.8 Å². The van der Waals surface area contributed by atoms with Crippen LogP contribution in [0.25, 0.3) is 0 Å². The fourth-order valence-corrected chi connectivity index (χ4v) is 2.40. The third-order valence-corrected chi connectivity index (χ3v) is 3.73. The summed E-state index contributed by atoms with van der Waals surface area (Å²) in [7, 11) is 1.91. The summed E-state index contributed by atoms with van der Waals surface area (Å²) in [5, 5.41) is 3.69. The van der Waals surface area contributed by atoms with Crippen LogP contribution in [0.4, 0.5) is 4.39 Å². The molecule has 0 amide bonds. The van der Waals surface area contributed by atoms with Crippen molar-refractivity contribution < 1.29 is 4.39 Å². The van der Waals surface area contributed by atoms with Gasteiger partial charge in [-0.2, -0.15) is 0 Å². The lowest BCUT2D eigenvalue weighted by Crippen LogP contribution is -2.30. The topological polar surface area (TPSA) is 12.0 Å². The molecular weight excluding hydrogens is 273 g/mol. The summed E-state index contributed by atoms with van der Waals surface area (Å²) in [6.07, 6.45) is 1.52. The second-order valence-electron chi connectivity index (χ2n) is 5.12. The summed E-state index contributed by atoms with van der Waals surface area (Å²) in [6, 6.07) is 13.5. The largest absolute Gasteiger partial charge is 0.316 e. The molecule has 0 aliphatic carbocycles. The second-order valence-corrected chi connectivity index (χ2v) is 5.55. The highest BCUT2D eigenvalue weighted by molar-refractivity contribution is 6.30. The SMILES string of the molecule is CNC(Cc1ccc(C)cc1)Cc1ccc(Cl)cc1F. The summed E-state index contributed by atoms with van der Waals surface area (Å²) < 4.78 is 13.8. The standard InChI is InChI=1S/C17H19ClFN/c1-12-3-5-13(6-4-12)9-16(20-2)10-14-7-8-15(18)11-17(14)19/h3-8,11,16,20H,9-10H2,1-2H3. The molecular formula is C17H19ClFN. The molecule has 106 valence electrons. The van der Waals surface area contributed by atoms with Crippen LogP contribution >= 0.6 is 11.6 Å². The van der Waals surface area contributed by atoms with Crippen molar-refractivity contribution in [1.29, 1.82) is 0 Å². The van der Waals surface area contributed by atoms with E-state index in [1.54, 1.807) is 12.1 Å². The summed E-state index contributed by atoms with van der Waals surface area (Å²) >= 11 is 5.78. The summed E-state index contributed by atoms with van der Waals surface area (Å²) in [6.45, 7) is 2.07. The van der Waals surface area contributed by atoms with E-state index in [0.717, 1.165) is 6.42 Å². The Bertz CT molecular complexity index is 566. The van der Waals surface area contributed by atoms with Gasteiger partial charge in [-0.1, -0.05) is 47.5 Å². The molecule has 1 nitrogen and oxygen atoms in total. The zero-order valence-corrected chi connectivity index (χ0v) is 12.5. The Morgan fingerprint density at radius 2 is 1.80 bits per heavy atom. The first-order chi connectivity index (χ1) is 9.58. The van der Waals surface area contributed by atoms with Gasteiger partial charge in [0.25, 0.3) is 0 Å². The van der Waals surface area contributed by atoms with E-state index in [9.17, 15) is 4.39 Å². The molecule has 0 aromatic heterocycles. The van der Waals surface area contributed by atoms with Crippen LogP contribution in [0.5, 0.6) is 0 Å². The second kappa shape index (κ2) is 6.87. The lowest BCUT2D eigenvalue weighted by molar-refractivity contribution is 0.532. The predicted molar refractivity (Wildman–Crippen MR) is 82.8 cm³/mol. The van der Waals surface area contributed by atoms with E-state index in [-0.39, 0.29) is 11.9 Å². The molecule has 0 fully saturated rings. The third kappa shape index (κ3) is 4.06. The molecule has 2 aromatic carbocycles. The van der Waals surface area contributed by atoms with Gasteiger partial charge >= 0.3 is 0 Å². The molecule has 1 unspecified atom stereocenters. The Morgan fingerprint density at radius 1 is 1.10 bits per heavy atom. The molecule has 0 aliphatic heterocycles. The van der Waals surface area contributed by atoms with E-state index < -0.39 is 0 Å². The molecule has 0 saturated carbocycles. The lowest BCUT2D eigenvalue weighted by Gasteiger charge is -2.17. The van der Waals surface area contributed by atoms with Crippen molar-refractivity contribution >= 4 is 11.6 Å². The third-order valence-electron chi connectivity index (χ3n) is 3.49. The Balaban J connectivity index is 2.07. The van der Waals surface area contributed by atoms with Crippen LogP contribution in [0.15, 0.2) is 42.5 Å². The van der Waals surface area contributed by atoms with Crippen LogP contribution in [0.2, 0.25) is 5.02 Å². The van der Waals surface area contributed by atoms with Gasteiger partial charge in [0, 0.05) is 11.1 Å². The molecule has 0 bridgehead atoms. The van der Waals surface area contributed by atoms with E-state index in [4.69, 9.17) is 11.6 Å². The smallest absolute Gasteiger partial charge is 0.127 e. The van der Waals surface area contributed by atoms with E-state index >= 15 is 0 Å². The normalized spacial score (nSPS) is 12.4. The van der Waals surface area contributed by atoms with Gasteiger partial charge in [0.05, 0.1) is 0 Å². The number of rotatable bonds is 5. The number of hydrogen-bond donors (Lipinski definition) is 1. The van der Waals surface area contributed by atoms with E-state index in [0.29, 0.717) is 17.0 Å². The number of hydrogen-bond acceptors (Lipinski definition) is 1. The van der Waals surface area contributed by atoms with Crippen molar-refractivity contribution in [3.63, 3.8) is 0 Å². The number of likely N-dealkylation sites (N-methyl/N-ethyl adjacent to an activating group) is 1. The number of aryl methyl sites for hydroxylation is 1. The minimum absolute atomic E-state index is 0.202. The summed E-state index contributed by atoms with van der Waals surface area (Å²) in [5.41, 5.74) is 3.20. The van der Waals surface area contributed by atoms with Crippen LogP contribution in [-0.4, -0.2) is 13.1 Å². The molecule has 1 atom stereocenters. The fraction of sp³-hybridized carbons (Fsp3) is 0.294. The number of halogens is 2. The maximum atomic E-state index is 13.8. The molecule has 0 radical (unpaired) electrons. The van der Waals surface area contributed by atoms with Crippen molar-refractivity contribution in [1.82, 2.24) is 5.32 Å². The molecule has 0 spiro atoms. The summed E-state index contributed by atoms with van der Waals surface area (Å²) in [5.74, 6) is -0.235. The van der Waals surface area contributed by atoms with E-state index in [2.05, 4.69) is 36.5 Å². The molecule has 2 aromatic rings. The highest BCUT2D eigenvalue weighted by atomic mass is 35.5. The maximum absolute atomic E-state index is 13.8. The molecule has 1 N–H and O–H groups in total. The van der Waals surface area contributed by atoms with Crippen molar-refractivity contribution in [3.8, 4) is 0 Å². The molecule has 3 heteroatoms. The van der Waals surface area contributed by atoms with Crippen molar-refractivity contribution in [2.75, 3.05) is 7.05 Å². The minimum Gasteiger partial charge on any atom is -0.316 e. The van der Waals surface area contributed by atoms with Gasteiger partial charge in [-0.25, -0.2) is 4.39 Å². The zero-order chi connectivity index (χ0) is 14.5. The highest BCUT2D eigenvalue weighted by Crippen LogP contribution is 2.17. The fourth-order valence-electron chi connectivity index (χ4n) is 2.24. The highest BCUT2D eigenvalue weighted by Gasteiger charge is 2.11. The van der Waals surface area contributed by atoms with Crippen LogP contribution < -0.4 is 5.32 Å². The monoisotopic (exact) mass is 291 g/mol. The van der Waals surface area contributed by atoms with E-state index in [1.165, 1.54) is 17.2 Å². The Kier molecular flexibility index (Phi) is 5.16. The molecule has 2 rings (SSSR count). The molecule has 0 aliphatic rings. The van der Waals surface area contributed by atoms with Crippen molar-refractivity contribution in [3.05, 3.63) is 70.0 Å². The predicted octanol–water partition coefficient (Wildman–Crippen LogP) is 4.16. The van der Waals surface area contributed by atoms with Gasteiger partial charge in [-0.05, 0) is 50.1 Å². The van der Waals surface area contributed by atoms with Gasteiger partial charge in [-0.3, -0.25) is 0 Å². The average molecular weight is 292 g/mol. The minimum atomic E-state index is -0.235. The molecule has 0 saturated heterocycles. The molecule has 20 heavy (non-hydrogen) atoms. The number of nitrogens with one attached hydrogen (secondary N) is 1. The van der Waals surface area contributed by atoms with Gasteiger partial charge in [0.2, 0.25) is 0 Å². The van der Waals surface area contributed by atoms with Crippen LogP contribution in [0, 0.1) is 12.7 Å². The first-order valence-electron chi connectivity index (χ1n) is 6.75. The zero-order valence-electron chi connectivity index (χ0n) is 11.8. The lowest BCUT2D eigenvalue weighted by atomic mass is 9.98. The average Bonchev–Trinajstić information content (AvgIpc) is 2.43. The number of benzene rings is 2. The van der Waals surface area contributed by atoms with Crippen molar-refractivity contribution in [2.24, 2.45) is 0 Å². The Hall–Kier alpha value is -1.38. The van der Waals surface area contributed by atoms with Gasteiger partial charge < -0.3 is 5.32 Å². The quantitative estimate of drug-likeness (QED) is 0.872. The first-order valence-corrected chi connectivity index (χ1v) is 7.13. The Labute approximate surface area is 124 Å². The van der Waals surface area contributed by atoms with Crippen molar-refractivity contribution in [2.45, 2.75) is 25.8 Å². The van der Waals surface area contributed by atoms with Crippen LogP contribution in [0.3, 0.4) is 0 Å². The van der Waals surface area contributed by atoms with E-state index in [1.807, 2.05) is 7.05 Å². The maximum Gasteiger partial charge on any atom is 0.127 e. The summed E-state index contributed by atoms with van der Waals surface area (Å²) in [4.78, 5) is 0. The van der Waals surface area contributed by atoms with Gasteiger partial charge in [-0.15, -0.1) is 0 Å². The molecule has 0 heterocycles. The van der Waals surface area contributed by atoms with Gasteiger partial charge in [0.1, 0.15) is 5.82 Å². The van der Waals surface area contributed by atoms with Gasteiger partial charge in [0.15, 0.2) is 0 Å². The Morgan fingerprint density at radius 3 is 2.40 bits per heavy atom. The first kappa shape index (κ1) is 15.0.